The zero-order chi connectivity index (χ0) is 8.55. The minimum Gasteiger partial charge on any atom is -0.482 e. The lowest BCUT2D eigenvalue weighted by molar-refractivity contribution is -0.125. The third kappa shape index (κ3) is 1.20. The second-order valence-electron chi connectivity index (χ2n) is 2.77. The van der Waals surface area contributed by atoms with E-state index >= 15 is 0 Å². The van der Waals surface area contributed by atoms with Crippen LogP contribution in [0.4, 0.5) is 4.39 Å². The molecule has 1 heterocycles. The minimum absolute atomic E-state index is 0.0113. The molecule has 0 spiro atoms. The predicted octanol–water partition coefficient (Wildman–Crippen LogP) is 0.992. The first-order valence-corrected chi connectivity index (χ1v) is 3.77. The lowest BCUT2D eigenvalue weighted by Gasteiger charge is -2.22. The Bertz CT molecular complexity index is 293. The largest absolute Gasteiger partial charge is 0.482 e. The van der Waals surface area contributed by atoms with Gasteiger partial charge in [0.25, 0.3) is 5.91 Å². The van der Waals surface area contributed by atoms with Gasteiger partial charge in [-0.25, -0.2) is 4.39 Å². The maximum absolute atomic E-state index is 12.7. The van der Waals surface area contributed by atoms with Gasteiger partial charge in [-0.15, -0.1) is 0 Å². The first-order chi connectivity index (χ1) is 5.75. The first kappa shape index (κ1) is 7.34. The van der Waals surface area contributed by atoms with Crippen LogP contribution in [0.5, 0.6) is 0 Å². The maximum atomic E-state index is 12.7. The van der Waals surface area contributed by atoms with E-state index in [0.29, 0.717) is 24.3 Å². The average molecular weight is 169 g/mol. The number of allylic oxidation sites excluding steroid dienone is 3. The molecule has 0 aromatic carbocycles. The summed E-state index contributed by atoms with van der Waals surface area (Å²) in [6.07, 6.45) is 2.20. The van der Waals surface area contributed by atoms with Gasteiger partial charge in [0.1, 0.15) is 11.6 Å². The van der Waals surface area contributed by atoms with Crippen LogP contribution in [-0.2, 0) is 9.53 Å². The summed E-state index contributed by atoms with van der Waals surface area (Å²) in [5.74, 6) is 0.118. The van der Waals surface area contributed by atoms with Gasteiger partial charge in [-0.1, -0.05) is 0 Å². The van der Waals surface area contributed by atoms with E-state index in [-0.39, 0.29) is 18.3 Å². The van der Waals surface area contributed by atoms with Gasteiger partial charge >= 0.3 is 0 Å². The van der Waals surface area contributed by atoms with E-state index in [9.17, 15) is 9.18 Å². The third-order valence-corrected chi connectivity index (χ3v) is 1.85. The van der Waals surface area contributed by atoms with Crippen molar-refractivity contribution in [1.82, 2.24) is 5.32 Å². The van der Waals surface area contributed by atoms with Gasteiger partial charge in [-0.2, -0.15) is 0 Å². The van der Waals surface area contributed by atoms with Crippen LogP contribution in [0.15, 0.2) is 23.4 Å². The SMILES string of the molecule is O=C1COC2=C(CCC(F)=C2)N1. The summed E-state index contributed by atoms with van der Waals surface area (Å²) in [6.45, 7) is -0.0113. The molecule has 0 unspecified atom stereocenters. The van der Waals surface area contributed by atoms with Crippen molar-refractivity contribution in [2.45, 2.75) is 12.8 Å². The topological polar surface area (TPSA) is 38.3 Å². The number of rotatable bonds is 0. The Morgan fingerprint density at radius 1 is 1.50 bits per heavy atom. The van der Waals surface area contributed by atoms with Gasteiger partial charge in [0.05, 0.1) is 5.70 Å². The molecule has 1 aliphatic carbocycles. The second kappa shape index (κ2) is 2.62. The van der Waals surface area contributed by atoms with Crippen molar-refractivity contribution in [3.8, 4) is 0 Å². The van der Waals surface area contributed by atoms with Crippen molar-refractivity contribution in [2.75, 3.05) is 6.61 Å². The van der Waals surface area contributed by atoms with Crippen LogP contribution in [-0.4, -0.2) is 12.5 Å². The van der Waals surface area contributed by atoms with Crippen LogP contribution in [0.25, 0.3) is 0 Å². The third-order valence-electron chi connectivity index (χ3n) is 1.85. The molecule has 0 fully saturated rings. The standard InChI is InChI=1S/C8H8FNO2/c9-5-1-2-6-7(3-5)12-4-8(11)10-6/h3H,1-2,4H2,(H,10,11). The number of ether oxygens (including phenoxy) is 1. The molecule has 4 heteroatoms. The predicted molar refractivity (Wildman–Crippen MR) is 39.5 cm³/mol. The number of carbonyl (C=O) groups excluding carboxylic acids is 1. The number of halogens is 1. The highest BCUT2D eigenvalue weighted by molar-refractivity contribution is 5.80. The second-order valence-corrected chi connectivity index (χ2v) is 2.77. The zero-order valence-electron chi connectivity index (χ0n) is 6.39. The highest BCUT2D eigenvalue weighted by atomic mass is 19.1. The molecular weight excluding hydrogens is 161 g/mol. The lowest BCUT2D eigenvalue weighted by Crippen LogP contribution is -2.33. The Balaban J connectivity index is 2.27. The van der Waals surface area contributed by atoms with Gasteiger partial charge in [0, 0.05) is 12.5 Å². The van der Waals surface area contributed by atoms with E-state index in [4.69, 9.17) is 4.74 Å². The molecule has 1 N–H and O–H groups in total. The molecule has 1 amide bonds. The van der Waals surface area contributed by atoms with Gasteiger partial charge in [-0.05, 0) is 6.42 Å². The Morgan fingerprint density at radius 3 is 3.17 bits per heavy atom. The van der Waals surface area contributed by atoms with Gasteiger partial charge < -0.3 is 10.1 Å². The molecule has 1 aliphatic heterocycles. The summed E-state index contributed by atoms with van der Waals surface area (Å²) in [7, 11) is 0. The first-order valence-electron chi connectivity index (χ1n) is 3.77. The van der Waals surface area contributed by atoms with Crippen molar-refractivity contribution >= 4 is 5.91 Å². The van der Waals surface area contributed by atoms with Crippen LogP contribution in [0, 0.1) is 0 Å². The quantitative estimate of drug-likeness (QED) is 0.587. The highest BCUT2D eigenvalue weighted by Crippen LogP contribution is 2.25. The molecule has 3 nitrogen and oxygen atoms in total. The molecule has 2 rings (SSSR count). The van der Waals surface area contributed by atoms with Gasteiger partial charge in [-0.3, -0.25) is 4.79 Å². The van der Waals surface area contributed by atoms with Crippen LogP contribution >= 0.6 is 0 Å². The van der Waals surface area contributed by atoms with Gasteiger partial charge in [0.15, 0.2) is 6.61 Å². The monoisotopic (exact) mass is 169 g/mol. The van der Waals surface area contributed by atoms with Crippen molar-refractivity contribution < 1.29 is 13.9 Å². The molecule has 0 aromatic heterocycles. The van der Waals surface area contributed by atoms with E-state index < -0.39 is 0 Å². The van der Waals surface area contributed by atoms with Crippen LogP contribution in [0.2, 0.25) is 0 Å². The van der Waals surface area contributed by atoms with Crippen LogP contribution < -0.4 is 5.32 Å². The van der Waals surface area contributed by atoms with Crippen molar-refractivity contribution in [3.05, 3.63) is 23.4 Å². The Kier molecular flexibility index (Phi) is 1.60. The molecule has 0 saturated heterocycles. The highest BCUT2D eigenvalue weighted by Gasteiger charge is 2.21. The van der Waals surface area contributed by atoms with Crippen molar-refractivity contribution in [1.29, 1.82) is 0 Å². The van der Waals surface area contributed by atoms with E-state index in [1.165, 1.54) is 6.08 Å². The summed E-state index contributed by atoms with van der Waals surface area (Å²) in [6, 6.07) is 0. The smallest absolute Gasteiger partial charge is 0.262 e. The number of amides is 1. The van der Waals surface area contributed by atoms with Crippen molar-refractivity contribution in [2.24, 2.45) is 0 Å². The zero-order valence-corrected chi connectivity index (χ0v) is 6.39. The fourth-order valence-corrected chi connectivity index (χ4v) is 1.27. The van der Waals surface area contributed by atoms with Crippen LogP contribution in [0.3, 0.4) is 0 Å². The summed E-state index contributed by atoms with van der Waals surface area (Å²) >= 11 is 0. The molecule has 0 radical (unpaired) electrons. The summed E-state index contributed by atoms with van der Waals surface area (Å²) in [4.78, 5) is 10.8. The molecule has 0 atom stereocenters. The Morgan fingerprint density at radius 2 is 2.33 bits per heavy atom. The number of nitrogens with one attached hydrogen (secondary N) is 1. The lowest BCUT2D eigenvalue weighted by atomic mass is 10.1. The van der Waals surface area contributed by atoms with E-state index in [0.717, 1.165) is 0 Å². The molecule has 0 bridgehead atoms. The van der Waals surface area contributed by atoms with Crippen LogP contribution in [0.1, 0.15) is 12.8 Å². The van der Waals surface area contributed by atoms with E-state index in [1.807, 2.05) is 0 Å². The van der Waals surface area contributed by atoms with Gasteiger partial charge in [0.2, 0.25) is 0 Å². The maximum Gasteiger partial charge on any atom is 0.262 e. The molecule has 64 valence electrons. The number of carbonyl (C=O) groups is 1. The summed E-state index contributed by atoms with van der Waals surface area (Å²) in [5.41, 5.74) is 0.702. The molecule has 2 aliphatic rings. The number of hydrogen-bond acceptors (Lipinski definition) is 2. The minimum atomic E-state index is -0.190. The molecule has 0 saturated carbocycles. The normalized spacial score (nSPS) is 22.4. The summed E-state index contributed by atoms with van der Waals surface area (Å²) in [5, 5.41) is 2.64. The molecule has 0 aromatic rings. The Hall–Kier alpha value is -1.32. The average Bonchev–Trinajstić information content (AvgIpc) is 2.05. The van der Waals surface area contributed by atoms with E-state index in [1.54, 1.807) is 0 Å². The fraction of sp³-hybridized carbons (Fsp3) is 0.375. The summed E-state index contributed by atoms with van der Waals surface area (Å²) < 4.78 is 17.7. The Labute approximate surface area is 68.9 Å². The number of hydrogen-bond donors (Lipinski definition) is 1. The fourth-order valence-electron chi connectivity index (χ4n) is 1.27. The molecular formula is C8H8FNO2. The van der Waals surface area contributed by atoms with Crippen molar-refractivity contribution in [3.63, 3.8) is 0 Å². The van der Waals surface area contributed by atoms with E-state index in [2.05, 4.69) is 5.32 Å². The molecule has 12 heavy (non-hydrogen) atoms.